The predicted octanol–water partition coefficient (Wildman–Crippen LogP) is 2.23. The van der Waals surface area contributed by atoms with Crippen molar-refractivity contribution < 1.29 is 4.79 Å². The summed E-state index contributed by atoms with van der Waals surface area (Å²) in [5.74, 6) is 0.193. The maximum Gasteiger partial charge on any atom is 0.237 e. The summed E-state index contributed by atoms with van der Waals surface area (Å²) < 4.78 is 2.06. The van der Waals surface area contributed by atoms with Gasteiger partial charge in [0, 0.05) is 38.6 Å². The molecule has 2 aromatic rings. The average molecular weight is 309 g/mol. The molecule has 0 unspecified atom stereocenters. The van der Waals surface area contributed by atoms with Crippen molar-refractivity contribution in [3.05, 3.63) is 59.4 Å². The number of rotatable bonds is 4. The molecule has 1 N–H and O–H groups in total. The van der Waals surface area contributed by atoms with Crippen molar-refractivity contribution in [2.24, 2.45) is 7.05 Å². The Hall–Kier alpha value is -2.07. The molecule has 1 amide bonds. The van der Waals surface area contributed by atoms with Gasteiger partial charge in [-0.05, 0) is 42.0 Å². The molecule has 2 heterocycles. The van der Waals surface area contributed by atoms with E-state index in [2.05, 4.69) is 57.5 Å². The minimum Gasteiger partial charge on any atom is -0.357 e. The fraction of sp³-hybridized carbons (Fsp3) is 0.421. The van der Waals surface area contributed by atoms with Crippen LogP contribution in [0.3, 0.4) is 0 Å². The zero-order chi connectivity index (χ0) is 15.8. The molecule has 4 rings (SSSR count). The van der Waals surface area contributed by atoms with Gasteiger partial charge in [-0.2, -0.15) is 0 Å². The zero-order valence-electron chi connectivity index (χ0n) is 13.5. The molecule has 120 valence electrons. The maximum atomic E-state index is 12.7. The molecule has 0 spiro atoms. The highest BCUT2D eigenvalue weighted by Crippen LogP contribution is 2.26. The molecule has 1 aliphatic heterocycles. The van der Waals surface area contributed by atoms with E-state index in [0.29, 0.717) is 6.04 Å². The SMILES string of the molecule is Cn1ccc(CN2Cc3ccccc3C[C@H]2C(=O)NC2CC2)c1. The molecule has 23 heavy (non-hydrogen) atoms. The molecule has 1 aromatic carbocycles. The van der Waals surface area contributed by atoms with Gasteiger partial charge in [0.25, 0.3) is 0 Å². The summed E-state index contributed by atoms with van der Waals surface area (Å²) >= 11 is 0. The number of amides is 1. The summed E-state index contributed by atoms with van der Waals surface area (Å²) in [6.45, 7) is 1.66. The second kappa shape index (κ2) is 5.85. The number of hydrogen-bond acceptors (Lipinski definition) is 2. The number of aromatic nitrogens is 1. The van der Waals surface area contributed by atoms with Gasteiger partial charge in [-0.1, -0.05) is 24.3 Å². The lowest BCUT2D eigenvalue weighted by atomic mass is 9.93. The maximum absolute atomic E-state index is 12.7. The van der Waals surface area contributed by atoms with Crippen LogP contribution in [0.5, 0.6) is 0 Å². The predicted molar refractivity (Wildman–Crippen MR) is 89.8 cm³/mol. The Labute approximate surface area is 137 Å². The lowest BCUT2D eigenvalue weighted by Gasteiger charge is -2.35. The number of nitrogens with one attached hydrogen (secondary N) is 1. The number of carbonyl (C=O) groups excluding carboxylic acids is 1. The molecule has 1 fully saturated rings. The smallest absolute Gasteiger partial charge is 0.237 e. The second-order valence-electron chi connectivity index (χ2n) is 6.86. The largest absolute Gasteiger partial charge is 0.357 e. The van der Waals surface area contributed by atoms with E-state index in [9.17, 15) is 4.79 Å². The van der Waals surface area contributed by atoms with E-state index in [1.165, 1.54) is 16.7 Å². The summed E-state index contributed by atoms with van der Waals surface area (Å²) in [6.07, 6.45) is 7.27. The van der Waals surface area contributed by atoms with Crippen LogP contribution in [-0.2, 0) is 31.4 Å². The van der Waals surface area contributed by atoms with Crippen LogP contribution in [0.15, 0.2) is 42.7 Å². The van der Waals surface area contributed by atoms with Gasteiger partial charge >= 0.3 is 0 Å². The quantitative estimate of drug-likeness (QED) is 0.940. The molecule has 1 atom stereocenters. The highest BCUT2D eigenvalue weighted by molar-refractivity contribution is 5.83. The highest BCUT2D eigenvalue weighted by atomic mass is 16.2. The number of benzene rings is 1. The molecule has 1 aromatic heterocycles. The van der Waals surface area contributed by atoms with Crippen molar-refractivity contribution in [3.63, 3.8) is 0 Å². The van der Waals surface area contributed by atoms with E-state index in [4.69, 9.17) is 0 Å². The van der Waals surface area contributed by atoms with E-state index in [0.717, 1.165) is 32.4 Å². The van der Waals surface area contributed by atoms with E-state index < -0.39 is 0 Å². The molecule has 0 radical (unpaired) electrons. The van der Waals surface area contributed by atoms with Crippen molar-refractivity contribution in [3.8, 4) is 0 Å². The number of nitrogens with zero attached hydrogens (tertiary/aromatic N) is 2. The minimum atomic E-state index is -0.0642. The number of carbonyl (C=O) groups is 1. The van der Waals surface area contributed by atoms with Gasteiger partial charge in [-0.25, -0.2) is 0 Å². The Bertz CT molecular complexity index is 717. The van der Waals surface area contributed by atoms with Gasteiger partial charge in [0.1, 0.15) is 0 Å². The number of fused-ring (bicyclic) bond motifs is 1. The first-order valence-corrected chi connectivity index (χ1v) is 8.41. The van der Waals surface area contributed by atoms with Gasteiger partial charge in [0.05, 0.1) is 6.04 Å². The third kappa shape index (κ3) is 3.17. The molecular weight excluding hydrogens is 286 g/mol. The summed E-state index contributed by atoms with van der Waals surface area (Å²) in [6, 6.07) is 11.0. The van der Waals surface area contributed by atoms with Crippen LogP contribution in [0.4, 0.5) is 0 Å². The van der Waals surface area contributed by atoms with Crippen LogP contribution >= 0.6 is 0 Å². The topological polar surface area (TPSA) is 37.3 Å². The Balaban J connectivity index is 1.58. The summed E-state index contributed by atoms with van der Waals surface area (Å²) in [7, 11) is 2.03. The van der Waals surface area contributed by atoms with Crippen molar-refractivity contribution in [1.82, 2.24) is 14.8 Å². The van der Waals surface area contributed by atoms with Crippen LogP contribution in [0.25, 0.3) is 0 Å². The van der Waals surface area contributed by atoms with Crippen LogP contribution in [0.1, 0.15) is 29.5 Å². The van der Waals surface area contributed by atoms with Crippen LogP contribution in [0.2, 0.25) is 0 Å². The molecule has 0 bridgehead atoms. The van der Waals surface area contributed by atoms with E-state index in [-0.39, 0.29) is 11.9 Å². The highest BCUT2D eigenvalue weighted by Gasteiger charge is 2.34. The minimum absolute atomic E-state index is 0.0642. The monoisotopic (exact) mass is 309 g/mol. The fourth-order valence-electron chi connectivity index (χ4n) is 3.42. The summed E-state index contributed by atoms with van der Waals surface area (Å²) in [5.41, 5.74) is 3.92. The van der Waals surface area contributed by atoms with Crippen molar-refractivity contribution >= 4 is 5.91 Å². The first kappa shape index (κ1) is 14.5. The van der Waals surface area contributed by atoms with Crippen LogP contribution in [-0.4, -0.2) is 27.5 Å². The first-order valence-electron chi connectivity index (χ1n) is 8.41. The van der Waals surface area contributed by atoms with Crippen molar-refractivity contribution in [1.29, 1.82) is 0 Å². The third-order valence-corrected chi connectivity index (χ3v) is 4.85. The Morgan fingerprint density at radius 3 is 2.70 bits per heavy atom. The molecule has 4 heteroatoms. The molecule has 1 saturated carbocycles. The average Bonchev–Trinajstić information content (AvgIpc) is 3.27. The van der Waals surface area contributed by atoms with Crippen molar-refractivity contribution in [2.75, 3.05) is 0 Å². The summed E-state index contributed by atoms with van der Waals surface area (Å²) in [4.78, 5) is 15.0. The molecule has 2 aliphatic rings. The number of hydrogen-bond donors (Lipinski definition) is 1. The van der Waals surface area contributed by atoms with Gasteiger partial charge in [0.15, 0.2) is 0 Å². The Morgan fingerprint density at radius 1 is 1.22 bits per heavy atom. The molecule has 1 aliphatic carbocycles. The lowest BCUT2D eigenvalue weighted by molar-refractivity contribution is -0.127. The molecule has 4 nitrogen and oxygen atoms in total. The van der Waals surface area contributed by atoms with Gasteiger partial charge in [-0.15, -0.1) is 0 Å². The Morgan fingerprint density at radius 2 is 2.00 bits per heavy atom. The lowest BCUT2D eigenvalue weighted by Crippen LogP contribution is -2.50. The molecule has 0 saturated heterocycles. The summed E-state index contributed by atoms with van der Waals surface area (Å²) in [5, 5.41) is 3.19. The first-order chi connectivity index (χ1) is 11.2. The fourth-order valence-corrected chi connectivity index (χ4v) is 3.42. The van der Waals surface area contributed by atoms with Crippen molar-refractivity contribution in [2.45, 2.75) is 44.4 Å². The normalized spacial score (nSPS) is 21.0. The van der Waals surface area contributed by atoms with Crippen LogP contribution in [0, 0.1) is 0 Å². The van der Waals surface area contributed by atoms with Gasteiger partial charge < -0.3 is 9.88 Å². The van der Waals surface area contributed by atoms with E-state index >= 15 is 0 Å². The standard InChI is InChI=1S/C19H23N3O/c1-21-9-8-14(11-21)12-22-13-16-5-3-2-4-15(16)10-18(22)19(23)20-17-6-7-17/h2-5,8-9,11,17-18H,6-7,10,12-13H2,1H3,(H,20,23)/t18-/m0/s1. The number of aryl methyl sites for hydroxylation is 1. The van der Waals surface area contributed by atoms with E-state index in [1.807, 2.05) is 7.05 Å². The van der Waals surface area contributed by atoms with E-state index in [1.54, 1.807) is 0 Å². The molecular formula is C19H23N3O. The van der Waals surface area contributed by atoms with Gasteiger partial charge in [-0.3, -0.25) is 9.69 Å². The second-order valence-corrected chi connectivity index (χ2v) is 6.86. The Kier molecular flexibility index (Phi) is 3.69. The van der Waals surface area contributed by atoms with Crippen LogP contribution < -0.4 is 5.32 Å². The zero-order valence-corrected chi connectivity index (χ0v) is 13.5. The van der Waals surface area contributed by atoms with Gasteiger partial charge in [0.2, 0.25) is 5.91 Å². The third-order valence-electron chi connectivity index (χ3n) is 4.85.